The number of rotatable bonds is 39. The molecule has 1 N–H and O–H groups in total. The number of likely N-dealkylation sites (N-methyl/N-ethyl adjacent to an activating group) is 1. The van der Waals surface area contributed by atoms with Gasteiger partial charge in [-0.3, -0.25) is 18.6 Å². The van der Waals surface area contributed by atoms with E-state index in [1.165, 1.54) is 103 Å². The standard InChI is InChI=1S/C43H82NO8P/c1-6-8-10-12-14-16-18-20-21-22-23-24-26-27-29-31-33-35-42(45)49-39-41(40-51-53(47,48)50-38-37-44(3,4)5)52-43(46)36-34-32-30-28-25-19-17-15-13-11-9-7-2/h14,16,20-21,41H,6-13,15,17-19,22-40H2,1-5H3/p+1/b16-14-,21-20-/t41-/m1/s1. The van der Waals surface area contributed by atoms with E-state index in [1.54, 1.807) is 0 Å². The van der Waals surface area contributed by atoms with Crippen molar-refractivity contribution >= 4 is 19.8 Å². The van der Waals surface area contributed by atoms with E-state index in [2.05, 4.69) is 38.2 Å². The fourth-order valence-corrected chi connectivity index (χ4v) is 6.55. The molecule has 0 saturated heterocycles. The molecule has 10 heteroatoms. The van der Waals surface area contributed by atoms with E-state index in [0.717, 1.165) is 51.4 Å². The number of phosphoric ester groups is 1. The molecule has 0 bridgehead atoms. The predicted octanol–water partition coefficient (Wildman–Crippen LogP) is 12.0. The van der Waals surface area contributed by atoms with Crippen LogP contribution in [0.5, 0.6) is 0 Å². The van der Waals surface area contributed by atoms with Gasteiger partial charge < -0.3 is 18.9 Å². The van der Waals surface area contributed by atoms with Gasteiger partial charge in [0.2, 0.25) is 0 Å². The molecule has 0 heterocycles. The number of hydrogen-bond acceptors (Lipinski definition) is 7. The van der Waals surface area contributed by atoms with E-state index in [0.29, 0.717) is 17.4 Å². The SMILES string of the molecule is CCCCC/C=C\C/C=C\CCCCCCCCCC(=O)OC[C@H](COP(=O)(O)OCC[N+](C)(C)C)OC(=O)CCCCCCCCCCCCCC. The van der Waals surface area contributed by atoms with Gasteiger partial charge in [0.15, 0.2) is 6.10 Å². The van der Waals surface area contributed by atoms with Crippen LogP contribution in [0.25, 0.3) is 0 Å². The Morgan fingerprint density at radius 3 is 1.53 bits per heavy atom. The van der Waals surface area contributed by atoms with Gasteiger partial charge in [0.05, 0.1) is 27.7 Å². The minimum absolute atomic E-state index is 0.0321. The maximum Gasteiger partial charge on any atom is 0.472 e. The minimum Gasteiger partial charge on any atom is -0.462 e. The van der Waals surface area contributed by atoms with E-state index in [-0.39, 0.29) is 32.0 Å². The summed E-state index contributed by atoms with van der Waals surface area (Å²) in [6.07, 6.45) is 37.9. The molecule has 53 heavy (non-hydrogen) atoms. The molecule has 0 aromatic carbocycles. The Hall–Kier alpha value is -1.51. The van der Waals surface area contributed by atoms with Crippen LogP contribution < -0.4 is 0 Å². The van der Waals surface area contributed by atoms with Crippen molar-refractivity contribution in [3.8, 4) is 0 Å². The molecule has 0 saturated carbocycles. The first-order valence-electron chi connectivity index (χ1n) is 21.6. The van der Waals surface area contributed by atoms with Crippen molar-refractivity contribution in [1.29, 1.82) is 0 Å². The number of unbranched alkanes of at least 4 members (excludes halogenated alkanes) is 21. The number of quaternary nitrogens is 1. The Balaban J connectivity index is 4.35. The Bertz CT molecular complexity index is 964. The molecule has 9 nitrogen and oxygen atoms in total. The summed E-state index contributed by atoms with van der Waals surface area (Å²) in [5, 5.41) is 0. The van der Waals surface area contributed by atoms with Crippen LogP contribution in [0.1, 0.15) is 187 Å². The molecule has 0 radical (unpaired) electrons. The van der Waals surface area contributed by atoms with Gasteiger partial charge in [-0.25, -0.2) is 4.57 Å². The second kappa shape index (κ2) is 36.1. The zero-order valence-electron chi connectivity index (χ0n) is 35.0. The Kier molecular flexibility index (Phi) is 35.1. The summed E-state index contributed by atoms with van der Waals surface area (Å²) in [7, 11) is 1.48. The van der Waals surface area contributed by atoms with Crippen molar-refractivity contribution < 1.29 is 42.1 Å². The maximum atomic E-state index is 12.6. The first-order chi connectivity index (χ1) is 25.5. The topological polar surface area (TPSA) is 108 Å². The molecule has 2 atom stereocenters. The number of nitrogens with zero attached hydrogens (tertiary/aromatic N) is 1. The molecule has 0 amide bonds. The van der Waals surface area contributed by atoms with E-state index in [4.69, 9.17) is 18.5 Å². The molecule has 0 aromatic heterocycles. The molecule has 0 fully saturated rings. The van der Waals surface area contributed by atoms with Crippen molar-refractivity contribution in [3.05, 3.63) is 24.3 Å². The van der Waals surface area contributed by atoms with E-state index in [1.807, 2.05) is 21.1 Å². The largest absolute Gasteiger partial charge is 0.472 e. The third-order valence-corrected chi connectivity index (χ3v) is 10.2. The monoisotopic (exact) mass is 773 g/mol. The van der Waals surface area contributed by atoms with Gasteiger partial charge in [-0.2, -0.15) is 0 Å². The van der Waals surface area contributed by atoms with Crippen LogP contribution in [0.4, 0.5) is 0 Å². The van der Waals surface area contributed by atoms with Crippen LogP contribution >= 0.6 is 7.82 Å². The van der Waals surface area contributed by atoms with Gasteiger partial charge in [0, 0.05) is 12.8 Å². The first kappa shape index (κ1) is 51.5. The van der Waals surface area contributed by atoms with Gasteiger partial charge in [0.1, 0.15) is 19.8 Å². The van der Waals surface area contributed by atoms with Crippen LogP contribution in [0.3, 0.4) is 0 Å². The lowest BCUT2D eigenvalue weighted by molar-refractivity contribution is -0.870. The first-order valence-corrected chi connectivity index (χ1v) is 23.1. The third kappa shape index (κ3) is 40.0. The predicted molar refractivity (Wildman–Crippen MR) is 220 cm³/mol. The summed E-state index contributed by atoms with van der Waals surface area (Å²) in [6.45, 7) is 4.39. The van der Waals surface area contributed by atoms with E-state index >= 15 is 0 Å². The summed E-state index contributed by atoms with van der Waals surface area (Å²) in [6, 6.07) is 0. The molecule has 0 aliphatic heterocycles. The molecule has 0 spiro atoms. The molecule has 0 aliphatic rings. The highest BCUT2D eigenvalue weighted by Crippen LogP contribution is 2.43. The smallest absolute Gasteiger partial charge is 0.462 e. The number of phosphoric acid groups is 1. The molecular formula is C43H83NO8P+. The highest BCUT2D eigenvalue weighted by molar-refractivity contribution is 7.47. The lowest BCUT2D eigenvalue weighted by Gasteiger charge is -2.24. The number of hydrogen-bond donors (Lipinski definition) is 1. The Morgan fingerprint density at radius 1 is 0.585 bits per heavy atom. The van der Waals surface area contributed by atoms with Crippen LogP contribution in [0.2, 0.25) is 0 Å². The van der Waals surface area contributed by atoms with Crippen LogP contribution in [0.15, 0.2) is 24.3 Å². The molecular weight excluding hydrogens is 689 g/mol. The second-order valence-corrected chi connectivity index (χ2v) is 17.2. The number of allylic oxidation sites excluding steroid dienone is 4. The quantitative estimate of drug-likeness (QED) is 0.0216. The van der Waals surface area contributed by atoms with Crippen molar-refractivity contribution in [3.63, 3.8) is 0 Å². The molecule has 0 aliphatic carbocycles. The highest BCUT2D eigenvalue weighted by atomic mass is 31.2. The zero-order chi connectivity index (χ0) is 39.3. The van der Waals surface area contributed by atoms with Crippen molar-refractivity contribution in [2.45, 2.75) is 193 Å². The summed E-state index contributed by atoms with van der Waals surface area (Å²) in [5.41, 5.74) is 0. The van der Waals surface area contributed by atoms with Gasteiger partial charge in [-0.15, -0.1) is 0 Å². The minimum atomic E-state index is -4.37. The summed E-state index contributed by atoms with van der Waals surface area (Å²) < 4.78 is 34.3. The summed E-state index contributed by atoms with van der Waals surface area (Å²) >= 11 is 0. The molecule has 0 rings (SSSR count). The van der Waals surface area contributed by atoms with E-state index in [9.17, 15) is 19.0 Å². The number of carbonyl (C=O) groups is 2. The third-order valence-electron chi connectivity index (χ3n) is 9.23. The fraction of sp³-hybridized carbons (Fsp3) is 0.860. The normalized spacial score (nSPS) is 13.8. The number of ether oxygens (including phenoxy) is 2. The van der Waals surface area contributed by atoms with Gasteiger partial charge in [-0.05, 0) is 44.9 Å². The highest BCUT2D eigenvalue weighted by Gasteiger charge is 2.27. The molecule has 1 unspecified atom stereocenters. The van der Waals surface area contributed by atoms with Crippen molar-refractivity contribution in [2.24, 2.45) is 0 Å². The van der Waals surface area contributed by atoms with E-state index < -0.39 is 26.5 Å². The Labute approximate surface area is 326 Å². The average Bonchev–Trinajstić information content (AvgIpc) is 3.10. The zero-order valence-corrected chi connectivity index (χ0v) is 35.9. The average molecular weight is 773 g/mol. The lowest BCUT2D eigenvalue weighted by atomic mass is 10.0. The fourth-order valence-electron chi connectivity index (χ4n) is 5.81. The lowest BCUT2D eigenvalue weighted by Crippen LogP contribution is -2.37. The Morgan fingerprint density at radius 2 is 1.02 bits per heavy atom. The van der Waals surface area contributed by atoms with Crippen molar-refractivity contribution in [1.82, 2.24) is 0 Å². The maximum absolute atomic E-state index is 12.6. The van der Waals surface area contributed by atoms with Crippen molar-refractivity contribution in [2.75, 3.05) is 47.5 Å². The summed E-state index contributed by atoms with van der Waals surface area (Å²) in [4.78, 5) is 35.3. The number of carbonyl (C=O) groups excluding carboxylic acids is 2. The van der Waals surface area contributed by atoms with Gasteiger partial charge >= 0.3 is 19.8 Å². The molecule has 0 aromatic rings. The number of esters is 2. The second-order valence-electron chi connectivity index (χ2n) is 15.7. The van der Waals surface area contributed by atoms with Crippen LogP contribution in [0, 0.1) is 0 Å². The van der Waals surface area contributed by atoms with Gasteiger partial charge in [0.25, 0.3) is 0 Å². The van der Waals surface area contributed by atoms with Crippen LogP contribution in [-0.2, 0) is 32.7 Å². The summed E-state index contributed by atoms with van der Waals surface area (Å²) in [5.74, 6) is -0.803. The van der Waals surface area contributed by atoms with Crippen LogP contribution in [-0.4, -0.2) is 74.9 Å². The molecule has 312 valence electrons. The van der Waals surface area contributed by atoms with Gasteiger partial charge in [-0.1, -0.05) is 154 Å².